The first-order valence-corrected chi connectivity index (χ1v) is 5.92. The minimum atomic E-state index is -0.841. The molecule has 0 saturated carbocycles. The molecule has 1 saturated heterocycles. The number of nitrogens with zero attached hydrogens (tertiary/aromatic N) is 2. The quantitative estimate of drug-likeness (QED) is 0.291. The zero-order valence-corrected chi connectivity index (χ0v) is 10.7. The van der Waals surface area contributed by atoms with Crippen molar-refractivity contribution in [3.63, 3.8) is 0 Å². The van der Waals surface area contributed by atoms with Gasteiger partial charge >= 0.3 is 6.03 Å². The number of rotatable bonds is 2. The molecule has 1 aliphatic heterocycles. The third kappa shape index (κ3) is 3.51. The number of carbonyl (C=O) groups excluding carboxylic acids is 1. The molecule has 1 unspecified atom stereocenters. The predicted octanol–water partition coefficient (Wildman–Crippen LogP) is 0.953. The molecule has 0 spiro atoms. The van der Waals surface area contributed by atoms with Gasteiger partial charge in [0.05, 0.1) is 5.54 Å². The van der Waals surface area contributed by atoms with Gasteiger partial charge in [-0.05, 0) is 32.6 Å². The summed E-state index contributed by atoms with van der Waals surface area (Å²) in [5.41, 5.74) is 4.68. The molecule has 1 fully saturated rings. The molecule has 0 bridgehead atoms. The summed E-state index contributed by atoms with van der Waals surface area (Å²) in [5, 5.41) is 14.3. The van der Waals surface area contributed by atoms with Crippen molar-refractivity contribution in [3.05, 3.63) is 0 Å². The second kappa shape index (κ2) is 5.25. The predicted molar refractivity (Wildman–Crippen MR) is 66.0 cm³/mol. The van der Waals surface area contributed by atoms with Gasteiger partial charge < -0.3 is 21.2 Å². The number of carbonyl (C=O) groups is 1. The Balaban J connectivity index is 2.59. The van der Waals surface area contributed by atoms with E-state index in [9.17, 15) is 4.79 Å². The second-order valence-corrected chi connectivity index (χ2v) is 5.23. The molecule has 1 atom stereocenters. The van der Waals surface area contributed by atoms with Crippen molar-refractivity contribution in [1.82, 2.24) is 10.2 Å². The van der Waals surface area contributed by atoms with Crippen LogP contribution in [0.1, 0.15) is 33.6 Å². The lowest BCUT2D eigenvalue weighted by atomic mass is 10.0. The van der Waals surface area contributed by atoms with E-state index in [1.807, 2.05) is 0 Å². The Hall–Kier alpha value is -1.46. The number of amidine groups is 1. The van der Waals surface area contributed by atoms with Gasteiger partial charge in [-0.15, -0.1) is 0 Å². The minimum Gasteiger partial charge on any atom is -0.409 e. The molecule has 98 valence electrons. The molecule has 17 heavy (non-hydrogen) atoms. The van der Waals surface area contributed by atoms with Gasteiger partial charge in [0, 0.05) is 13.1 Å². The van der Waals surface area contributed by atoms with Gasteiger partial charge in [0.2, 0.25) is 0 Å². The van der Waals surface area contributed by atoms with Gasteiger partial charge in [-0.3, -0.25) is 0 Å². The van der Waals surface area contributed by atoms with Gasteiger partial charge in [-0.25, -0.2) is 4.79 Å². The number of amides is 2. The largest absolute Gasteiger partial charge is 0.409 e. The average Bonchev–Trinajstić information content (AvgIpc) is 2.27. The molecule has 0 radical (unpaired) electrons. The average molecular weight is 242 g/mol. The normalized spacial score (nSPS) is 22.4. The smallest absolute Gasteiger partial charge is 0.318 e. The molecular weight excluding hydrogens is 220 g/mol. The van der Waals surface area contributed by atoms with E-state index >= 15 is 0 Å². The fraction of sp³-hybridized carbons (Fsp3) is 0.818. The monoisotopic (exact) mass is 242 g/mol. The zero-order chi connectivity index (χ0) is 13.1. The van der Waals surface area contributed by atoms with Crippen LogP contribution in [0.15, 0.2) is 5.16 Å². The molecule has 0 aromatic heterocycles. The summed E-state index contributed by atoms with van der Waals surface area (Å²) in [6.45, 7) is 7.06. The van der Waals surface area contributed by atoms with Crippen molar-refractivity contribution in [3.8, 4) is 0 Å². The van der Waals surface area contributed by atoms with Crippen molar-refractivity contribution in [1.29, 1.82) is 0 Å². The molecule has 1 rings (SSSR count). The van der Waals surface area contributed by atoms with E-state index in [0.29, 0.717) is 5.92 Å². The third-order valence-corrected chi connectivity index (χ3v) is 3.11. The molecule has 4 N–H and O–H groups in total. The zero-order valence-electron chi connectivity index (χ0n) is 10.7. The molecule has 1 heterocycles. The SMILES string of the molecule is CC1CCCN(C(=O)NC(C)(C)C(N)=NO)C1. The number of hydrogen-bond acceptors (Lipinski definition) is 3. The Labute approximate surface area is 102 Å². The molecule has 1 aliphatic rings. The lowest BCUT2D eigenvalue weighted by Crippen LogP contribution is -2.57. The van der Waals surface area contributed by atoms with Gasteiger partial charge in [-0.2, -0.15) is 0 Å². The van der Waals surface area contributed by atoms with Crippen LogP contribution in [0.4, 0.5) is 4.79 Å². The van der Waals surface area contributed by atoms with Crippen molar-refractivity contribution in [2.75, 3.05) is 13.1 Å². The summed E-state index contributed by atoms with van der Waals surface area (Å²) >= 11 is 0. The van der Waals surface area contributed by atoms with Gasteiger partial charge in [0.1, 0.15) is 0 Å². The molecule has 0 aromatic rings. The standard InChI is InChI=1S/C11H22N4O2/c1-8-5-4-6-15(7-8)10(16)13-11(2,3)9(12)14-17/h8,17H,4-7H2,1-3H3,(H2,12,14)(H,13,16). The van der Waals surface area contributed by atoms with Crippen LogP contribution in [0, 0.1) is 5.92 Å². The van der Waals surface area contributed by atoms with Crippen LogP contribution in [0.3, 0.4) is 0 Å². The molecule has 2 amide bonds. The maximum absolute atomic E-state index is 12.0. The van der Waals surface area contributed by atoms with Crippen molar-refractivity contribution in [2.45, 2.75) is 39.2 Å². The van der Waals surface area contributed by atoms with E-state index < -0.39 is 5.54 Å². The van der Waals surface area contributed by atoms with Crippen LogP contribution < -0.4 is 11.1 Å². The third-order valence-electron chi connectivity index (χ3n) is 3.11. The Morgan fingerprint density at radius 1 is 1.59 bits per heavy atom. The highest BCUT2D eigenvalue weighted by Gasteiger charge is 2.29. The number of likely N-dealkylation sites (tertiary alicyclic amines) is 1. The topological polar surface area (TPSA) is 91.0 Å². The number of piperidine rings is 1. The van der Waals surface area contributed by atoms with Gasteiger partial charge in [-0.1, -0.05) is 12.1 Å². The molecule has 0 aliphatic carbocycles. The van der Waals surface area contributed by atoms with Crippen LogP contribution in [-0.2, 0) is 0 Å². The summed E-state index contributed by atoms with van der Waals surface area (Å²) in [6, 6.07) is -0.159. The van der Waals surface area contributed by atoms with E-state index in [1.54, 1.807) is 18.7 Å². The highest BCUT2D eigenvalue weighted by molar-refractivity contribution is 5.92. The van der Waals surface area contributed by atoms with E-state index in [-0.39, 0.29) is 11.9 Å². The van der Waals surface area contributed by atoms with Gasteiger partial charge in [0.25, 0.3) is 0 Å². The van der Waals surface area contributed by atoms with Gasteiger partial charge in [0.15, 0.2) is 5.84 Å². The Kier molecular flexibility index (Phi) is 4.20. The lowest BCUT2D eigenvalue weighted by molar-refractivity contribution is 0.165. The highest BCUT2D eigenvalue weighted by atomic mass is 16.4. The molecular formula is C11H22N4O2. The number of oxime groups is 1. The second-order valence-electron chi connectivity index (χ2n) is 5.23. The maximum Gasteiger partial charge on any atom is 0.318 e. The van der Waals surface area contributed by atoms with Crippen molar-refractivity contribution >= 4 is 11.9 Å². The first-order valence-electron chi connectivity index (χ1n) is 5.92. The molecule has 6 nitrogen and oxygen atoms in total. The Morgan fingerprint density at radius 2 is 2.24 bits per heavy atom. The number of nitrogens with two attached hydrogens (primary N) is 1. The van der Waals surface area contributed by atoms with E-state index in [4.69, 9.17) is 10.9 Å². The number of nitrogens with one attached hydrogen (secondary N) is 1. The minimum absolute atomic E-state index is 0.00379. The van der Waals surface area contributed by atoms with Crippen molar-refractivity contribution < 1.29 is 10.0 Å². The molecule has 0 aromatic carbocycles. The summed E-state index contributed by atoms with van der Waals surface area (Å²) < 4.78 is 0. The summed E-state index contributed by atoms with van der Waals surface area (Å²) in [4.78, 5) is 13.8. The lowest BCUT2D eigenvalue weighted by Gasteiger charge is -2.34. The van der Waals surface area contributed by atoms with Crippen LogP contribution >= 0.6 is 0 Å². The van der Waals surface area contributed by atoms with Crippen LogP contribution in [0.25, 0.3) is 0 Å². The summed E-state index contributed by atoms with van der Waals surface area (Å²) in [6.07, 6.45) is 2.19. The fourth-order valence-electron chi connectivity index (χ4n) is 1.91. The first-order chi connectivity index (χ1) is 7.86. The van der Waals surface area contributed by atoms with Crippen molar-refractivity contribution in [2.24, 2.45) is 16.8 Å². The summed E-state index contributed by atoms with van der Waals surface area (Å²) in [7, 11) is 0. The first kappa shape index (κ1) is 13.6. The molecule has 6 heteroatoms. The van der Waals surface area contributed by atoms with E-state index in [2.05, 4.69) is 17.4 Å². The van der Waals surface area contributed by atoms with E-state index in [1.165, 1.54) is 0 Å². The Bertz CT molecular complexity index is 315. The number of hydrogen-bond donors (Lipinski definition) is 3. The van der Waals surface area contributed by atoms with Crippen LogP contribution in [0.2, 0.25) is 0 Å². The number of urea groups is 1. The Morgan fingerprint density at radius 3 is 2.76 bits per heavy atom. The van der Waals surface area contributed by atoms with Crippen LogP contribution in [-0.4, -0.2) is 40.6 Å². The highest BCUT2D eigenvalue weighted by Crippen LogP contribution is 2.16. The maximum atomic E-state index is 12.0. The summed E-state index contributed by atoms with van der Waals surface area (Å²) in [5.74, 6) is 0.525. The van der Waals surface area contributed by atoms with Crippen LogP contribution in [0.5, 0.6) is 0 Å². The van der Waals surface area contributed by atoms with E-state index in [0.717, 1.165) is 25.9 Å². The fourth-order valence-corrected chi connectivity index (χ4v) is 1.91.